The summed E-state index contributed by atoms with van der Waals surface area (Å²) in [6, 6.07) is 4.52. The normalized spacial score (nSPS) is 11.5. The minimum absolute atomic E-state index is 0.186. The fourth-order valence-electron chi connectivity index (χ4n) is 1.76. The minimum Gasteiger partial charge on any atom is -0.495 e. The van der Waals surface area contributed by atoms with Crippen molar-refractivity contribution in [2.24, 2.45) is 0 Å². The molecule has 1 aromatic carbocycles. The summed E-state index contributed by atoms with van der Waals surface area (Å²) in [4.78, 5) is 3.82. The Bertz CT molecular complexity index is 689. The van der Waals surface area contributed by atoms with E-state index in [1.54, 1.807) is 0 Å². The summed E-state index contributed by atoms with van der Waals surface area (Å²) in [7, 11) is 2.89. The van der Waals surface area contributed by atoms with Crippen molar-refractivity contribution in [1.82, 2.24) is 4.98 Å². The number of ether oxygens (including phenoxy) is 2. The molecule has 0 saturated carbocycles. The molecule has 3 nitrogen and oxygen atoms in total. The Morgan fingerprint density at radius 2 is 1.68 bits per heavy atom. The molecule has 0 fully saturated rings. The van der Waals surface area contributed by atoms with Gasteiger partial charge in [-0.25, -0.2) is 9.37 Å². The molecule has 0 atom stereocenters. The largest absolute Gasteiger partial charge is 0.495 e. The van der Waals surface area contributed by atoms with Gasteiger partial charge in [-0.05, 0) is 18.2 Å². The van der Waals surface area contributed by atoms with Crippen molar-refractivity contribution >= 4 is 46.7 Å². The van der Waals surface area contributed by atoms with Crippen molar-refractivity contribution in [1.29, 1.82) is 0 Å². The molecule has 1 heterocycles. The van der Waals surface area contributed by atoms with E-state index in [0.29, 0.717) is 11.5 Å². The minimum atomic E-state index is -0.566. The maximum absolute atomic E-state index is 14.4. The van der Waals surface area contributed by atoms with E-state index in [1.165, 1.54) is 44.7 Å². The lowest BCUT2D eigenvalue weighted by Gasteiger charge is -2.12. The van der Waals surface area contributed by atoms with E-state index >= 15 is 0 Å². The topological polar surface area (TPSA) is 31.4 Å². The Kier molecular flexibility index (Phi) is 5.51. The number of pyridine rings is 1. The first-order valence-corrected chi connectivity index (χ1v) is 7.20. The standard InChI is InChI=1S/C15H11Cl3FNO2/c1-21-11-6-12(22-2)15(18)9(14(11)17)5-10(19)8-3-4-13(16)20-7-8/h3-7H,1-2H3/b10-5-. The molecule has 0 aliphatic heterocycles. The van der Waals surface area contributed by atoms with Gasteiger partial charge in [0.15, 0.2) is 0 Å². The van der Waals surface area contributed by atoms with Gasteiger partial charge in [0.1, 0.15) is 22.5 Å². The predicted molar refractivity (Wildman–Crippen MR) is 87.8 cm³/mol. The fourth-order valence-corrected chi connectivity index (χ4v) is 2.48. The van der Waals surface area contributed by atoms with Crippen LogP contribution in [0.4, 0.5) is 4.39 Å². The third-order valence-corrected chi connectivity index (χ3v) is 3.89. The lowest BCUT2D eigenvalue weighted by Crippen LogP contribution is -1.93. The average molecular weight is 363 g/mol. The number of nitrogens with zero attached hydrogens (tertiary/aromatic N) is 1. The Hall–Kier alpha value is -1.49. The molecule has 2 rings (SSSR count). The second kappa shape index (κ2) is 7.18. The highest BCUT2D eigenvalue weighted by molar-refractivity contribution is 6.39. The van der Waals surface area contributed by atoms with Crippen molar-refractivity contribution in [2.45, 2.75) is 0 Å². The number of rotatable bonds is 4. The summed E-state index contributed by atoms with van der Waals surface area (Å²) in [5.74, 6) is 0.0932. The lowest BCUT2D eigenvalue weighted by atomic mass is 10.1. The van der Waals surface area contributed by atoms with Gasteiger partial charge in [0.25, 0.3) is 0 Å². The van der Waals surface area contributed by atoms with Crippen LogP contribution in [0.3, 0.4) is 0 Å². The molecule has 0 spiro atoms. The summed E-state index contributed by atoms with van der Waals surface area (Å²) in [5.41, 5.74) is 0.505. The van der Waals surface area contributed by atoms with Crippen molar-refractivity contribution in [2.75, 3.05) is 14.2 Å². The Balaban J connectivity index is 2.56. The maximum Gasteiger partial charge on any atom is 0.141 e. The zero-order chi connectivity index (χ0) is 16.3. The van der Waals surface area contributed by atoms with Crippen molar-refractivity contribution in [3.8, 4) is 11.5 Å². The van der Waals surface area contributed by atoms with Crippen LogP contribution in [0.15, 0.2) is 24.4 Å². The number of halogens is 4. The SMILES string of the molecule is COc1cc(OC)c(Cl)c(/C=C(\F)c2ccc(Cl)nc2)c1Cl. The zero-order valence-electron chi connectivity index (χ0n) is 11.7. The van der Waals surface area contributed by atoms with Gasteiger partial charge in [-0.1, -0.05) is 34.8 Å². The summed E-state index contributed by atoms with van der Waals surface area (Å²) in [6.07, 6.45) is 2.51. The van der Waals surface area contributed by atoms with E-state index in [9.17, 15) is 4.39 Å². The molecule has 0 amide bonds. The number of hydrogen-bond acceptors (Lipinski definition) is 3. The number of hydrogen-bond donors (Lipinski definition) is 0. The van der Waals surface area contributed by atoms with Gasteiger partial charge in [-0.2, -0.15) is 0 Å². The molecule has 22 heavy (non-hydrogen) atoms. The van der Waals surface area contributed by atoms with Crippen LogP contribution in [0, 0.1) is 0 Å². The summed E-state index contributed by atoms with van der Waals surface area (Å²) in [5, 5.41) is 0.645. The van der Waals surface area contributed by atoms with Gasteiger partial charge in [0, 0.05) is 23.4 Å². The van der Waals surface area contributed by atoms with Gasteiger partial charge < -0.3 is 9.47 Å². The van der Waals surface area contributed by atoms with Crippen LogP contribution in [0.5, 0.6) is 11.5 Å². The molecule has 0 unspecified atom stereocenters. The molecule has 0 saturated heterocycles. The zero-order valence-corrected chi connectivity index (χ0v) is 13.9. The molecule has 0 aliphatic rings. The van der Waals surface area contributed by atoms with Crippen LogP contribution in [0.1, 0.15) is 11.1 Å². The second-order valence-electron chi connectivity index (χ2n) is 4.18. The third-order valence-electron chi connectivity index (χ3n) is 2.88. The highest BCUT2D eigenvalue weighted by Crippen LogP contribution is 2.42. The highest BCUT2D eigenvalue weighted by Gasteiger charge is 2.16. The Morgan fingerprint density at radius 1 is 1.09 bits per heavy atom. The molecule has 0 radical (unpaired) electrons. The van der Waals surface area contributed by atoms with E-state index in [2.05, 4.69) is 4.98 Å². The average Bonchev–Trinajstić information content (AvgIpc) is 2.52. The lowest BCUT2D eigenvalue weighted by molar-refractivity contribution is 0.394. The van der Waals surface area contributed by atoms with Gasteiger partial charge >= 0.3 is 0 Å². The summed E-state index contributed by atoms with van der Waals surface area (Å²) >= 11 is 18.1. The summed E-state index contributed by atoms with van der Waals surface area (Å²) < 4.78 is 24.6. The number of methoxy groups -OCH3 is 2. The first-order chi connectivity index (χ1) is 10.5. The second-order valence-corrected chi connectivity index (χ2v) is 5.33. The van der Waals surface area contributed by atoms with Crippen molar-refractivity contribution in [3.05, 3.63) is 50.7 Å². The van der Waals surface area contributed by atoms with Crippen LogP contribution in [0.25, 0.3) is 11.9 Å². The monoisotopic (exact) mass is 361 g/mol. The highest BCUT2D eigenvalue weighted by atomic mass is 35.5. The van der Waals surface area contributed by atoms with E-state index < -0.39 is 5.83 Å². The Morgan fingerprint density at radius 3 is 2.14 bits per heavy atom. The quantitative estimate of drug-likeness (QED) is 0.670. The van der Waals surface area contributed by atoms with Gasteiger partial charge in [-0.15, -0.1) is 0 Å². The van der Waals surface area contributed by atoms with Crippen LogP contribution in [-0.4, -0.2) is 19.2 Å². The molecule has 1 aromatic heterocycles. The molecular weight excluding hydrogens is 352 g/mol. The molecule has 0 aliphatic carbocycles. The number of aromatic nitrogens is 1. The van der Waals surface area contributed by atoms with Crippen LogP contribution in [-0.2, 0) is 0 Å². The van der Waals surface area contributed by atoms with Crippen molar-refractivity contribution < 1.29 is 13.9 Å². The van der Waals surface area contributed by atoms with Gasteiger partial charge in [0.2, 0.25) is 0 Å². The van der Waals surface area contributed by atoms with Gasteiger partial charge in [0.05, 0.1) is 24.3 Å². The third kappa shape index (κ3) is 3.46. The molecule has 116 valence electrons. The first kappa shape index (κ1) is 16.9. The van der Waals surface area contributed by atoms with E-state index in [0.717, 1.165) is 0 Å². The number of benzene rings is 1. The first-order valence-electron chi connectivity index (χ1n) is 6.07. The summed E-state index contributed by atoms with van der Waals surface area (Å²) in [6.45, 7) is 0. The molecule has 0 N–H and O–H groups in total. The fraction of sp³-hybridized carbons (Fsp3) is 0.133. The van der Waals surface area contributed by atoms with Crippen LogP contribution >= 0.6 is 34.8 Å². The predicted octanol–water partition coefficient (Wildman–Crippen LogP) is 5.53. The molecule has 7 heteroatoms. The molecular formula is C15H11Cl3FNO2. The van der Waals surface area contributed by atoms with E-state index in [-0.39, 0.29) is 26.3 Å². The molecule has 0 bridgehead atoms. The van der Waals surface area contributed by atoms with Crippen LogP contribution < -0.4 is 9.47 Å². The van der Waals surface area contributed by atoms with E-state index in [4.69, 9.17) is 44.3 Å². The van der Waals surface area contributed by atoms with E-state index in [1.807, 2.05) is 0 Å². The van der Waals surface area contributed by atoms with Crippen LogP contribution in [0.2, 0.25) is 15.2 Å². The van der Waals surface area contributed by atoms with Crippen molar-refractivity contribution in [3.63, 3.8) is 0 Å². The Labute approximate surface area is 142 Å². The smallest absolute Gasteiger partial charge is 0.141 e. The maximum atomic E-state index is 14.4. The van der Waals surface area contributed by atoms with Gasteiger partial charge in [-0.3, -0.25) is 0 Å². The molecule has 2 aromatic rings.